The van der Waals surface area contributed by atoms with Gasteiger partial charge in [-0.1, -0.05) is 0 Å². The van der Waals surface area contributed by atoms with Crippen molar-refractivity contribution in [3.8, 4) is 5.75 Å². The first-order chi connectivity index (χ1) is 10.6. The second-order valence-electron chi connectivity index (χ2n) is 4.91. The number of benzene rings is 1. The summed E-state index contributed by atoms with van der Waals surface area (Å²) >= 11 is 0. The van der Waals surface area contributed by atoms with Crippen molar-refractivity contribution in [1.82, 2.24) is 10.2 Å². The van der Waals surface area contributed by atoms with Crippen molar-refractivity contribution in [1.29, 1.82) is 0 Å². The molecule has 3 amide bonds. The maximum absolute atomic E-state index is 12.0. The molecule has 1 heterocycles. The number of ether oxygens (including phenoxy) is 2. The molecule has 0 atom stereocenters. The number of anilines is 1. The Hall–Kier alpha value is -2.28. The van der Waals surface area contributed by atoms with Gasteiger partial charge in [0.1, 0.15) is 19.0 Å². The number of nitrogens with one attached hydrogen (secondary N) is 2. The number of carbonyl (C=O) groups excluding carboxylic acids is 2. The number of urea groups is 1. The lowest BCUT2D eigenvalue weighted by atomic mass is 10.1. The van der Waals surface area contributed by atoms with Crippen molar-refractivity contribution < 1.29 is 19.1 Å². The zero-order valence-electron chi connectivity index (χ0n) is 12.8. The van der Waals surface area contributed by atoms with Gasteiger partial charge in [0.05, 0.1) is 13.1 Å². The van der Waals surface area contributed by atoms with Crippen molar-refractivity contribution in [2.24, 2.45) is 0 Å². The predicted octanol–water partition coefficient (Wildman–Crippen LogP) is 1.20. The van der Waals surface area contributed by atoms with Crippen molar-refractivity contribution in [2.75, 3.05) is 38.7 Å². The van der Waals surface area contributed by atoms with E-state index in [1.807, 2.05) is 13.0 Å². The average Bonchev–Trinajstić information content (AvgIpc) is 2.69. The van der Waals surface area contributed by atoms with E-state index in [4.69, 9.17) is 9.47 Å². The van der Waals surface area contributed by atoms with Crippen LogP contribution in [-0.2, 0) is 16.1 Å². The summed E-state index contributed by atoms with van der Waals surface area (Å²) < 4.78 is 10.4. The quantitative estimate of drug-likeness (QED) is 0.876. The van der Waals surface area contributed by atoms with Gasteiger partial charge in [-0.15, -0.1) is 0 Å². The SMILES string of the molecule is CCNC(=O)N1CCOc2ccc(NC(=O)COC)cc2C1. The van der Waals surface area contributed by atoms with Crippen LogP contribution in [0, 0.1) is 0 Å². The van der Waals surface area contributed by atoms with Gasteiger partial charge >= 0.3 is 6.03 Å². The molecule has 0 bridgehead atoms. The lowest BCUT2D eigenvalue weighted by Gasteiger charge is -2.20. The van der Waals surface area contributed by atoms with Crippen molar-refractivity contribution >= 4 is 17.6 Å². The zero-order chi connectivity index (χ0) is 15.9. The summed E-state index contributed by atoms with van der Waals surface area (Å²) in [4.78, 5) is 25.2. The third-order valence-electron chi connectivity index (χ3n) is 3.21. The van der Waals surface area contributed by atoms with Gasteiger partial charge < -0.3 is 25.0 Å². The van der Waals surface area contributed by atoms with Crippen LogP contribution in [0.2, 0.25) is 0 Å². The Morgan fingerprint density at radius 3 is 2.95 bits per heavy atom. The number of nitrogens with zero attached hydrogens (tertiary/aromatic N) is 1. The minimum absolute atomic E-state index is 0.00137. The summed E-state index contributed by atoms with van der Waals surface area (Å²) in [5.74, 6) is 0.508. The standard InChI is InChI=1S/C15H21N3O4/c1-3-16-15(20)18-6-7-22-13-5-4-12(8-11(13)9-18)17-14(19)10-21-2/h4-5,8H,3,6-7,9-10H2,1-2H3,(H,16,20)(H,17,19). The van der Waals surface area contributed by atoms with Gasteiger partial charge in [0.2, 0.25) is 5.91 Å². The van der Waals surface area contributed by atoms with Crippen LogP contribution in [0.1, 0.15) is 12.5 Å². The van der Waals surface area contributed by atoms with Crippen LogP contribution in [0.25, 0.3) is 0 Å². The molecule has 0 aromatic heterocycles. The van der Waals surface area contributed by atoms with Crippen LogP contribution in [0.4, 0.5) is 10.5 Å². The van der Waals surface area contributed by atoms with Crippen LogP contribution in [0.3, 0.4) is 0 Å². The smallest absolute Gasteiger partial charge is 0.317 e. The van der Waals surface area contributed by atoms with E-state index >= 15 is 0 Å². The van der Waals surface area contributed by atoms with Gasteiger partial charge in [0.15, 0.2) is 0 Å². The highest BCUT2D eigenvalue weighted by molar-refractivity contribution is 5.91. The molecule has 7 heteroatoms. The van der Waals surface area contributed by atoms with Gasteiger partial charge in [-0.2, -0.15) is 0 Å². The first-order valence-corrected chi connectivity index (χ1v) is 7.21. The normalized spacial score (nSPS) is 13.6. The summed E-state index contributed by atoms with van der Waals surface area (Å²) in [5, 5.41) is 5.53. The fourth-order valence-corrected chi connectivity index (χ4v) is 2.24. The molecule has 0 saturated carbocycles. The van der Waals surface area contributed by atoms with E-state index in [0.717, 1.165) is 11.3 Å². The monoisotopic (exact) mass is 307 g/mol. The Morgan fingerprint density at radius 2 is 2.23 bits per heavy atom. The molecule has 7 nitrogen and oxygen atoms in total. The van der Waals surface area contributed by atoms with Crippen LogP contribution in [-0.4, -0.2) is 50.3 Å². The molecule has 0 radical (unpaired) electrons. The molecular formula is C15H21N3O4. The molecule has 22 heavy (non-hydrogen) atoms. The number of methoxy groups -OCH3 is 1. The molecule has 1 aromatic rings. The summed E-state index contributed by atoms with van der Waals surface area (Å²) in [6.07, 6.45) is 0. The van der Waals surface area contributed by atoms with E-state index in [1.165, 1.54) is 7.11 Å². The summed E-state index contributed by atoms with van der Waals surface area (Å²) in [6, 6.07) is 5.28. The number of rotatable bonds is 4. The van der Waals surface area contributed by atoms with E-state index in [0.29, 0.717) is 31.9 Å². The highest BCUT2D eigenvalue weighted by atomic mass is 16.5. The van der Waals surface area contributed by atoms with Crippen LogP contribution in [0.5, 0.6) is 5.75 Å². The van der Waals surface area contributed by atoms with E-state index in [9.17, 15) is 9.59 Å². The fraction of sp³-hybridized carbons (Fsp3) is 0.467. The maximum Gasteiger partial charge on any atom is 0.317 e. The second kappa shape index (κ2) is 7.65. The first-order valence-electron chi connectivity index (χ1n) is 7.21. The van der Waals surface area contributed by atoms with E-state index < -0.39 is 0 Å². The molecule has 1 aromatic carbocycles. The summed E-state index contributed by atoms with van der Waals surface area (Å²) in [6.45, 7) is 3.86. The Balaban J connectivity index is 2.13. The third kappa shape index (κ3) is 4.11. The van der Waals surface area contributed by atoms with Gasteiger partial charge in [0, 0.05) is 24.9 Å². The van der Waals surface area contributed by atoms with E-state index in [1.54, 1.807) is 17.0 Å². The van der Waals surface area contributed by atoms with Crippen LogP contribution >= 0.6 is 0 Å². The van der Waals surface area contributed by atoms with Crippen molar-refractivity contribution in [3.63, 3.8) is 0 Å². The Morgan fingerprint density at radius 1 is 1.41 bits per heavy atom. The van der Waals surface area contributed by atoms with Gasteiger partial charge in [-0.25, -0.2) is 4.79 Å². The summed E-state index contributed by atoms with van der Waals surface area (Å²) in [5.41, 5.74) is 1.51. The van der Waals surface area contributed by atoms with Crippen molar-refractivity contribution in [2.45, 2.75) is 13.5 Å². The molecule has 0 spiro atoms. The lowest BCUT2D eigenvalue weighted by Crippen LogP contribution is -2.40. The molecule has 0 unspecified atom stereocenters. The Bertz CT molecular complexity index is 548. The molecule has 2 N–H and O–H groups in total. The van der Waals surface area contributed by atoms with Gasteiger partial charge in [-0.05, 0) is 25.1 Å². The third-order valence-corrected chi connectivity index (χ3v) is 3.21. The van der Waals surface area contributed by atoms with E-state index in [-0.39, 0.29) is 18.5 Å². The fourth-order valence-electron chi connectivity index (χ4n) is 2.24. The molecule has 2 rings (SSSR count). The minimum Gasteiger partial charge on any atom is -0.491 e. The molecular weight excluding hydrogens is 286 g/mol. The molecule has 0 fully saturated rings. The second-order valence-corrected chi connectivity index (χ2v) is 4.91. The number of amides is 3. The van der Waals surface area contributed by atoms with Crippen LogP contribution < -0.4 is 15.4 Å². The Labute approximate surface area is 129 Å². The van der Waals surface area contributed by atoms with Crippen molar-refractivity contribution in [3.05, 3.63) is 23.8 Å². The van der Waals surface area contributed by atoms with Gasteiger partial charge in [0.25, 0.3) is 0 Å². The average molecular weight is 307 g/mol. The van der Waals surface area contributed by atoms with Crippen LogP contribution in [0.15, 0.2) is 18.2 Å². The largest absolute Gasteiger partial charge is 0.491 e. The predicted molar refractivity (Wildman–Crippen MR) is 81.9 cm³/mol. The number of hydrogen-bond acceptors (Lipinski definition) is 4. The number of fused-ring (bicyclic) bond motifs is 1. The Kier molecular flexibility index (Phi) is 5.60. The highest BCUT2D eigenvalue weighted by Gasteiger charge is 2.19. The summed E-state index contributed by atoms with van der Waals surface area (Å²) in [7, 11) is 1.47. The molecule has 120 valence electrons. The van der Waals surface area contributed by atoms with E-state index in [2.05, 4.69) is 10.6 Å². The molecule has 0 saturated heterocycles. The molecule has 0 aliphatic carbocycles. The lowest BCUT2D eigenvalue weighted by molar-refractivity contribution is -0.119. The number of carbonyl (C=O) groups is 2. The van der Waals surface area contributed by atoms with Gasteiger partial charge in [-0.3, -0.25) is 4.79 Å². The molecule has 1 aliphatic heterocycles. The number of hydrogen-bond donors (Lipinski definition) is 2. The highest BCUT2D eigenvalue weighted by Crippen LogP contribution is 2.26. The zero-order valence-corrected chi connectivity index (χ0v) is 12.8. The first kappa shape index (κ1) is 16.1. The minimum atomic E-state index is -0.224. The molecule has 1 aliphatic rings. The maximum atomic E-state index is 12.0. The topological polar surface area (TPSA) is 79.9 Å².